The van der Waals surface area contributed by atoms with Gasteiger partial charge in [0.1, 0.15) is 5.75 Å². The van der Waals surface area contributed by atoms with E-state index in [1.165, 1.54) is 0 Å². The van der Waals surface area contributed by atoms with E-state index in [9.17, 15) is 9.59 Å². The molecule has 1 atom stereocenters. The highest BCUT2D eigenvalue weighted by atomic mass is 16.6. The number of hydrogen-bond acceptors (Lipinski definition) is 5. The highest BCUT2D eigenvalue weighted by Gasteiger charge is 2.17. The Balaban J connectivity index is 2.56. The van der Waals surface area contributed by atoms with Crippen LogP contribution in [0.3, 0.4) is 0 Å². The predicted octanol–water partition coefficient (Wildman–Crippen LogP) is 3.22. The third-order valence-electron chi connectivity index (χ3n) is 2.93. The maximum absolute atomic E-state index is 11.8. The Hall–Kier alpha value is -2.04. The molecule has 0 heterocycles. The molecule has 0 fully saturated rings. The smallest absolute Gasteiger partial charge is 0.347 e. The Morgan fingerprint density at radius 2 is 1.86 bits per heavy atom. The van der Waals surface area contributed by atoms with Gasteiger partial charge in [-0.2, -0.15) is 0 Å². The minimum atomic E-state index is -0.732. The van der Waals surface area contributed by atoms with E-state index in [0.717, 1.165) is 6.42 Å². The van der Waals surface area contributed by atoms with E-state index in [1.54, 1.807) is 38.1 Å². The lowest BCUT2D eigenvalue weighted by atomic mass is 10.1. The lowest BCUT2D eigenvalue weighted by molar-refractivity contribution is -0.151. The molecular weight excluding hydrogens is 284 g/mol. The van der Waals surface area contributed by atoms with Gasteiger partial charge in [0.2, 0.25) is 0 Å². The van der Waals surface area contributed by atoms with Crippen molar-refractivity contribution in [3.05, 3.63) is 29.8 Å². The molecule has 1 aromatic rings. The minimum Gasteiger partial charge on any atom is -0.479 e. The fourth-order valence-corrected chi connectivity index (χ4v) is 1.68. The average molecular weight is 308 g/mol. The highest BCUT2D eigenvalue weighted by Crippen LogP contribution is 2.16. The zero-order valence-electron chi connectivity index (χ0n) is 13.6. The van der Waals surface area contributed by atoms with Crippen LogP contribution >= 0.6 is 0 Å². The zero-order valence-corrected chi connectivity index (χ0v) is 13.6. The van der Waals surface area contributed by atoms with Crippen LogP contribution in [0.4, 0.5) is 0 Å². The molecule has 0 N–H and O–H groups in total. The van der Waals surface area contributed by atoms with E-state index in [2.05, 4.69) is 13.8 Å². The van der Waals surface area contributed by atoms with E-state index in [1.807, 2.05) is 0 Å². The molecule has 0 aromatic heterocycles. The quantitative estimate of drug-likeness (QED) is 0.690. The summed E-state index contributed by atoms with van der Waals surface area (Å²) in [6.45, 7) is 8.18. The van der Waals surface area contributed by atoms with Gasteiger partial charge < -0.3 is 14.2 Å². The molecule has 5 heteroatoms. The summed E-state index contributed by atoms with van der Waals surface area (Å²) >= 11 is 0. The normalized spacial score (nSPS) is 11.9. The Labute approximate surface area is 131 Å². The van der Waals surface area contributed by atoms with Crippen molar-refractivity contribution in [1.82, 2.24) is 0 Å². The first-order chi connectivity index (χ1) is 10.4. The Morgan fingerprint density at radius 3 is 2.50 bits per heavy atom. The molecule has 1 unspecified atom stereocenters. The molecular formula is C17H24O5. The van der Waals surface area contributed by atoms with Gasteiger partial charge in [0, 0.05) is 0 Å². The second kappa shape index (κ2) is 9.07. The predicted molar refractivity (Wildman–Crippen MR) is 82.9 cm³/mol. The third kappa shape index (κ3) is 6.16. The number of ether oxygens (including phenoxy) is 3. The molecule has 1 rings (SSSR count). The van der Waals surface area contributed by atoms with Gasteiger partial charge in [-0.05, 0) is 44.4 Å². The molecule has 0 amide bonds. The van der Waals surface area contributed by atoms with Crippen molar-refractivity contribution in [2.24, 2.45) is 5.92 Å². The molecule has 1 aromatic carbocycles. The summed E-state index contributed by atoms with van der Waals surface area (Å²) in [5.41, 5.74) is 0.389. The number of carbonyl (C=O) groups is 2. The molecule has 0 saturated carbocycles. The molecule has 0 aliphatic heterocycles. The van der Waals surface area contributed by atoms with Gasteiger partial charge in [-0.1, -0.05) is 19.9 Å². The van der Waals surface area contributed by atoms with Crippen LogP contribution in [0.2, 0.25) is 0 Å². The van der Waals surface area contributed by atoms with Gasteiger partial charge >= 0.3 is 11.9 Å². The van der Waals surface area contributed by atoms with Crippen molar-refractivity contribution >= 4 is 11.9 Å². The second-order valence-electron chi connectivity index (χ2n) is 5.36. The number of carbonyl (C=O) groups excluding carboxylic acids is 2. The summed E-state index contributed by atoms with van der Waals surface area (Å²) in [6.07, 6.45) is 0.0844. The Morgan fingerprint density at radius 1 is 1.14 bits per heavy atom. The van der Waals surface area contributed by atoms with E-state index in [-0.39, 0.29) is 0 Å². The van der Waals surface area contributed by atoms with Crippen LogP contribution in [0.15, 0.2) is 24.3 Å². The first kappa shape index (κ1) is 18.0. The summed E-state index contributed by atoms with van der Waals surface area (Å²) in [7, 11) is 0. The van der Waals surface area contributed by atoms with E-state index < -0.39 is 18.0 Å². The number of esters is 2. The van der Waals surface area contributed by atoms with Crippen LogP contribution in [-0.4, -0.2) is 31.3 Å². The molecule has 0 saturated heterocycles. The first-order valence-corrected chi connectivity index (χ1v) is 7.54. The van der Waals surface area contributed by atoms with Crippen molar-refractivity contribution in [2.75, 3.05) is 13.2 Å². The van der Waals surface area contributed by atoms with Crippen molar-refractivity contribution in [3.63, 3.8) is 0 Å². The molecule has 122 valence electrons. The van der Waals surface area contributed by atoms with Crippen molar-refractivity contribution in [3.8, 4) is 5.75 Å². The largest absolute Gasteiger partial charge is 0.479 e. The van der Waals surface area contributed by atoms with Crippen molar-refractivity contribution in [1.29, 1.82) is 0 Å². The van der Waals surface area contributed by atoms with Gasteiger partial charge in [0.25, 0.3) is 0 Å². The van der Waals surface area contributed by atoms with Crippen LogP contribution in [0.1, 0.15) is 44.5 Å². The molecule has 0 aliphatic carbocycles. The Bertz CT molecular complexity index is 496. The standard InChI is InChI=1S/C17H24O5/c1-5-20-17(19)14-7-6-8-15(11-14)22-13(4)16(18)21-10-9-12(2)3/h6-8,11-13H,5,9-10H2,1-4H3. The fraction of sp³-hybridized carbons (Fsp3) is 0.529. The molecule has 0 radical (unpaired) electrons. The molecule has 0 bridgehead atoms. The maximum atomic E-state index is 11.8. The molecule has 0 spiro atoms. The van der Waals surface area contributed by atoms with Crippen LogP contribution in [0.5, 0.6) is 5.75 Å². The van der Waals surface area contributed by atoms with Gasteiger partial charge in [-0.15, -0.1) is 0 Å². The topological polar surface area (TPSA) is 61.8 Å². The van der Waals surface area contributed by atoms with Gasteiger partial charge in [0.15, 0.2) is 6.10 Å². The van der Waals surface area contributed by atoms with Crippen LogP contribution < -0.4 is 4.74 Å². The highest BCUT2D eigenvalue weighted by molar-refractivity contribution is 5.89. The fourth-order valence-electron chi connectivity index (χ4n) is 1.68. The summed E-state index contributed by atoms with van der Waals surface area (Å²) in [5, 5.41) is 0. The first-order valence-electron chi connectivity index (χ1n) is 7.54. The molecule has 0 aliphatic rings. The van der Waals surface area contributed by atoms with Crippen LogP contribution in [0, 0.1) is 5.92 Å². The van der Waals surface area contributed by atoms with E-state index in [0.29, 0.717) is 30.4 Å². The van der Waals surface area contributed by atoms with Crippen LogP contribution in [-0.2, 0) is 14.3 Å². The number of rotatable bonds is 8. The summed E-state index contributed by atoms with van der Waals surface area (Å²) in [4.78, 5) is 23.5. The monoisotopic (exact) mass is 308 g/mol. The van der Waals surface area contributed by atoms with Crippen molar-refractivity contribution < 1.29 is 23.8 Å². The average Bonchev–Trinajstić information content (AvgIpc) is 2.47. The Kier molecular flexibility index (Phi) is 7.43. The summed E-state index contributed by atoms with van der Waals surface area (Å²) < 4.78 is 15.6. The minimum absolute atomic E-state index is 0.308. The maximum Gasteiger partial charge on any atom is 0.347 e. The second-order valence-corrected chi connectivity index (χ2v) is 5.36. The lowest BCUT2D eigenvalue weighted by Crippen LogP contribution is -2.26. The van der Waals surface area contributed by atoms with Gasteiger partial charge in [-0.25, -0.2) is 9.59 Å². The van der Waals surface area contributed by atoms with Gasteiger partial charge in [0.05, 0.1) is 18.8 Å². The number of benzene rings is 1. The lowest BCUT2D eigenvalue weighted by Gasteiger charge is -2.15. The zero-order chi connectivity index (χ0) is 16.5. The van der Waals surface area contributed by atoms with E-state index in [4.69, 9.17) is 14.2 Å². The van der Waals surface area contributed by atoms with Crippen molar-refractivity contribution in [2.45, 2.75) is 40.2 Å². The van der Waals surface area contributed by atoms with Crippen LogP contribution in [0.25, 0.3) is 0 Å². The van der Waals surface area contributed by atoms with E-state index >= 15 is 0 Å². The SMILES string of the molecule is CCOC(=O)c1cccc(OC(C)C(=O)OCCC(C)C)c1. The summed E-state index contributed by atoms with van der Waals surface area (Å²) in [6, 6.07) is 6.55. The summed E-state index contributed by atoms with van der Waals surface area (Å²) in [5.74, 6) is 0.0754. The molecule has 5 nitrogen and oxygen atoms in total. The molecule has 22 heavy (non-hydrogen) atoms. The number of hydrogen-bond donors (Lipinski definition) is 0. The third-order valence-corrected chi connectivity index (χ3v) is 2.93. The van der Waals surface area contributed by atoms with Gasteiger partial charge in [-0.3, -0.25) is 0 Å².